The Balaban J connectivity index is 1.31. The van der Waals surface area contributed by atoms with Crippen molar-refractivity contribution >= 4 is 56.5 Å². The van der Waals surface area contributed by atoms with Gasteiger partial charge in [-0.3, -0.25) is 4.79 Å². The number of phenols is 1. The lowest BCUT2D eigenvalue weighted by molar-refractivity contribution is -0.113. The molecule has 0 aliphatic carbocycles. The summed E-state index contributed by atoms with van der Waals surface area (Å²) < 4.78 is 7.19. The van der Waals surface area contributed by atoms with Crippen molar-refractivity contribution in [1.82, 2.24) is 19.9 Å². The number of fused-ring (bicyclic) bond motifs is 1. The Hall–Kier alpha value is -3.84. The van der Waals surface area contributed by atoms with E-state index in [1.165, 1.54) is 35.4 Å². The highest BCUT2D eigenvalue weighted by Crippen LogP contribution is 2.26. The second kappa shape index (κ2) is 9.53. The number of hydrazone groups is 1. The predicted molar refractivity (Wildman–Crippen MR) is 125 cm³/mol. The van der Waals surface area contributed by atoms with Crippen LogP contribution in [0, 0.1) is 0 Å². The molecule has 0 aliphatic heterocycles. The molecule has 13 heteroatoms. The second-order valence-electron chi connectivity index (χ2n) is 6.30. The fourth-order valence-electron chi connectivity index (χ4n) is 2.61. The standard InChI is InChI=1S/C19H18N8O3S2/c1-30-14-7-6-11(8-13(14)28)9-21-24-17-25-26-19(27(17)20)31-10-16(29)23-18-22-12-4-2-3-5-15(12)32-18/h2-9,28H,10,20H2,1H3,(H,24,25)(H,22,23,29)/b21-9+. The van der Waals surface area contributed by atoms with E-state index < -0.39 is 0 Å². The molecule has 11 nitrogen and oxygen atoms in total. The van der Waals surface area contributed by atoms with Crippen LogP contribution in [0.4, 0.5) is 11.1 Å². The number of thiazole rings is 1. The van der Waals surface area contributed by atoms with E-state index in [4.69, 9.17) is 10.6 Å². The number of aromatic hydroxyl groups is 1. The van der Waals surface area contributed by atoms with E-state index in [0.29, 0.717) is 21.6 Å². The Bertz CT molecular complexity index is 1250. The van der Waals surface area contributed by atoms with Gasteiger partial charge in [0.15, 0.2) is 16.6 Å². The fourth-order valence-corrected chi connectivity index (χ4v) is 4.15. The highest BCUT2D eigenvalue weighted by molar-refractivity contribution is 7.99. The average molecular weight is 471 g/mol. The molecule has 4 aromatic rings. The summed E-state index contributed by atoms with van der Waals surface area (Å²) in [6.07, 6.45) is 1.48. The number of rotatable bonds is 8. The number of thioether (sulfide) groups is 1. The van der Waals surface area contributed by atoms with Crippen molar-refractivity contribution in [1.29, 1.82) is 0 Å². The van der Waals surface area contributed by atoms with Crippen molar-refractivity contribution in [2.24, 2.45) is 5.10 Å². The van der Waals surface area contributed by atoms with Gasteiger partial charge in [0.1, 0.15) is 0 Å². The minimum atomic E-state index is -0.233. The van der Waals surface area contributed by atoms with E-state index in [-0.39, 0.29) is 23.4 Å². The van der Waals surface area contributed by atoms with Crippen LogP contribution in [0.1, 0.15) is 5.56 Å². The number of carbonyl (C=O) groups excluding carboxylic acids is 1. The van der Waals surface area contributed by atoms with Gasteiger partial charge in [0.05, 0.1) is 29.3 Å². The van der Waals surface area contributed by atoms with E-state index in [2.05, 4.69) is 31.0 Å². The van der Waals surface area contributed by atoms with Crippen molar-refractivity contribution in [2.75, 3.05) is 29.4 Å². The van der Waals surface area contributed by atoms with E-state index in [9.17, 15) is 9.90 Å². The van der Waals surface area contributed by atoms with Crippen molar-refractivity contribution in [3.63, 3.8) is 0 Å². The molecule has 32 heavy (non-hydrogen) atoms. The van der Waals surface area contributed by atoms with Crippen LogP contribution >= 0.6 is 23.1 Å². The molecule has 0 spiro atoms. The zero-order valence-corrected chi connectivity index (χ0v) is 18.4. The molecule has 164 valence electrons. The van der Waals surface area contributed by atoms with Gasteiger partial charge in [0, 0.05) is 0 Å². The van der Waals surface area contributed by atoms with Gasteiger partial charge in [-0.15, -0.1) is 10.2 Å². The lowest BCUT2D eigenvalue weighted by atomic mass is 10.2. The third-order valence-electron chi connectivity index (χ3n) is 4.12. The quantitative estimate of drug-likeness (QED) is 0.132. The number of benzene rings is 2. The summed E-state index contributed by atoms with van der Waals surface area (Å²) in [5.41, 5.74) is 4.15. The highest BCUT2D eigenvalue weighted by atomic mass is 32.2. The molecule has 4 rings (SSSR count). The monoisotopic (exact) mass is 470 g/mol. The van der Waals surface area contributed by atoms with Crippen LogP contribution in [0.2, 0.25) is 0 Å². The summed E-state index contributed by atoms with van der Waals surface area (Å²) in [7, 11) is 1.47. The first kappa shape index (κ1) is 21.4. The smallest absolute Gasteiger partial charge is 0.264 e. The first-order chi connectivity index (χ1) is 15.5. The largest absolute Gasteiger partial charge is 0.504 e. The number of anilines is 2. The molecular weight excluding hydrogens is 452 g/mol. The Morgan fingerprint density at radius 3 is 2.97 bits per heavy atom. The number of aromatic nitrogens is 4. The number of nitrogens with two attached hydrogens (primary N) is 1. The molecule has 0 saturated carbocycles. The molecule has 0 atom stereocenters. The van der Waals surface area contributed by atoms with Gasteiger partial charge in [-0.2, -0.15) is 5.10 Å². The van der Waals surface area contributed by atoms with E-state index in [1.54, 1.807) is 12.1 Å². The number of phenolic OH excluding ortho intramolecular Hbond substituents is 1. The Kier molecular flexibility index (Phi) is 6.37. The zero-order valence-electron chi connectivity index (χ0n) is 16.7. The summed E-state index contributed by atoms with van der Waals surface area (Å²) in [5, 5.41) is 25.3. The third kappa shape index (κ3) is 4.90. The number of hydrogen-bond acceptors (Lipinski definition) is 11. The second-order valence-corrected chi connectivity index (χ2v) is 8.27. The van der Waals surface area contributed by atoms with E-state index >= 15 is 0 Å². The number of hydrogen-bond donors (Lipinski definition) is 4. The molecule has 1 amide bonds. The van der Waals surface area contributed by atoms with Gasteiger partial charge in [-0.05, 0) is 35.9 Å². The molecule has 0 bridgehead atoms. The normalized spacial score (nSPS) is 11.2. The molecular formula is C19H18N8O3S2. The van der Waals surface area contributed by atoms with Crippen molar-refractivity contribution in [2.45, 2.75) is 5.16 Å². The van der Waals surface area contributed by atoms with Crippen molar-refractivity contribution in [3.8, 4) is 11.5 Å². The molecule has 0 fully saturated rings. The SMILES string of the molecule is COc1ccc(/C=N/Nc2nnc(SCC(=O)Nc3nc4ccccc4s3)n2N)cc1O. The highest BCUT2D eigenvalue weighted by Gasteiger charge is 2.13. The molecule has 0 unspecified atom stereocenters. The van der Waals surface area contributed by atoms with Crippen LogP contribution in [0.5, 0.6) is 11.5 Å². The number of methoxy groups -OCH3 is 1. The molecule has 0 saturated heterocycles. The van der Waals surface area contributed by atoms with Crippen molar-refractivity contribution < 1.29 is 14.6 Å². The van der Waals surface area contributed by atoms with Gasteiger partial charge >= 0.3 is 0 Å². The lowest BCUT2D eigenvalue weighted by Crippen LogP contribution is -2.16. The first-order valence-electron chi connectivity index (χ1n) is 9.18. The van der Waals surface area contributed by atoms with Gasteiger partial charge in [-0.25, -0.2) is 15.1 Å². The first-order valence-corrected chi connectivity index (χ1v) is 11.0. The van der Waals surface area contributed by atoms with Gasteiger partial charge in [0.2, 0.25) is 11.1 Å². The molecule has 0 aliphatic rings. The number of amides is 1. The van der Waals surface area contributed by atoms with Crippen LogP contribution in [0.3, 0.4) is 0 Å². The van der Waals surface area contributed by atoms with E-state index in [1.807, 2.05) is 24.3 Å². The number of para-hydroxylation sites is 1. The van der Waals surface area contributed by atoms with E-state index in [0.717, 1.165) is 22.0 Å². The van der Waals surface area contributed by atoms with Gasteiger partial charge in [-0.1, -0.05) is 35.2 Å². The minimum absolute atomic E-state index is 0.00116. The Labute approximate surface area is 190 Å². The minimum Gasteiger partial charge on any atom is -0.504 e. The number of nitrogen functional groups attached to an aromatic ring is 1. The summed E-state index contributed by atoms with van der Waals surface area (Å²) in [4.78, 5) is 16.6. The summed E-state index contributed by atoms with van der Waals surface area (Å²) in [6, 6.07) is 12.5. The number of carbonyl (C=O) groups is 1. The topological polar surface area (TPSA) is 153 Å². The number of nitrogens with one attached hydrogen (secondary N) is 2. The lowest BCUT2D eigenvalue weighted by Gasteiger charge is -2.04. The van der Waals surface area contributed by atoms with Crippen molar-refractivity contribution in [3.05, 3.63) is 48.0 Å². The maximum atomic E-state index is 12.3. The van der Waals surface area contributed by atoms with Gasteiger partial charge < -0.3 is 21.0 Å². The zero-order chi connectivity index (χ0) is 22.5. The molecule has 2 aromatic carbocycles. The van der Waals surface area contributed by atoms with Crippen LogP contribution in [-0.4, -0.2) is 49.9 Å². The third-order valence-corrected chi connectivity index (χ3v) is 6.01. The van der Waals surface area contributed by atoms with Crippen LogP contribution in [-0.2, 0) is 4.79 Å². The fraction of sp³-hybridized carbons (Fsp3) is 0.105. The number of nitrogens with zero attached hydrogens (tertiary/aromatic N) is 5. The molecule has 0 radical (unpaired) electrons. The molecule has 2 heterocycles. The van der Waals surface area contributed by atoms with Crippen LogP contribution < -0.4 is 21.3 Å². The van der Waals surface area contributed by atoms with Gasteiger partial charge in [0.25, 0.3) is 5.95 Å². The van der Waals surface area contributed by atoms with Crippen LogP contribution in [0.15, 0.2) is 52.7 Å². The Morgan fingerprint density at radius 1 is 1.34 bits per heavy atom. The summed E-state index contributed by atoms with van der Waals surface area (Å²) in [5.74, 6) is 6.38. The summed E-state index contributed by atoms with van der Waals surface area (Å²) >= 11 is 2.53. The van der Waals surface area contributed by atoms with Crippen LogP contribution in [0.25, 0.3) is 10.2 Å². The maximum Gasteiger partial charge on any atom is 0.264 e. The number of ether oxygens (including phenoxy) is 1. The maximum absolute atomic E-state index is 12.3. The molecule has 2 aromatic heterocycles. The average Bonchev–Trinajstić information content (AvgIpc) is 3.35. The molecule has 5 N–H and O–H groups in total. The predicted octanol–water partition coefficient (Wildman–Crippen LogP) is 2.49. The summed E-state index contributed by atoms with van der Waals surface area (Å²) in [6.45, 7) is 0. The Morgan fingerprint density at radius 2 is 2.19 bits per heavy atom.